The third-order valence-electron chi connectivity index (χ3n) is 2.47. The van der Waals surface area contributed by atoms with Gasteiger partial charge in [0.1, 0.15) is 24.3 Å². The van der Waals surface area contributed by atoms with Gasteiger partial charge in [-0.25, -0.2) is 0 Å². The van der Waals surface area contributed by atoms with Gasteiger partial charge in [-0.2, -0.15) is 13.2 Å². The summed E-state index contributed by atoms with van der Waals surface area (Å²) in [6, 6.07) is 3.12. The van der Waals surface area contributed by atoms with E-state index in [0.717, 1.165) is 12.1 Å². The Morgan fingerprint density at radius 1 is 1.40 bits per heavy atom. The number of halogens is 3. The number of aromatic nitrogens is 3. The summed E-state index contributed by atoms with van der Waals surface area (Å²) in [6.07, 6.45) is -2.72. The molecule has 1 aromatic carbocycles. The minimum atomic E-state index is -4.60. The van der Waals surface area contributed by atoms with Crippen molar-refractivity contribution in [2.75, 3.05) is 0 Å². The Labute approximate surface area is 112 Å². The molecule has 0 atom stereocenters. The Morgan fingerprint density at radius 2 is 2.15 bits per heavy atom. The van der Waals surface area contributed by atoms with Crippen molar-refractivity contribution < 1.29 is 22.7 Å². The van der Waals surface area contributed by atoms with Gasteiger partial charge in [-0.1, -0.05) is 5.21 Å². The number of hydrogen-bond donors (Lipinski definition) is 0. The lowest BCUT2D eigenvalue weighted by Gasteiger charge is -2.13. The number of alkyl halides is 3. The lowest BCUT2D eigenvalue weighted by molar-refractivity contribution is -0.139. The van der Waals surface area contributed by atoms with Gasteiger partial charge in [0.15, 0.2) is 0 Å². The number of aryl methyl sites for hydroxylation is 1. The fourth-order valence-electron chi connectivity index (χ4n) is 1.58. The van der Waals surface area contributed by atoms with E-state index < -0.39 is 11.7 Å². The monoisotopic (exact) mass is 285 g/mol. The molecule has 0 fully saturated rings. The van der Waals surface area contributed by atoms with Crippen molar-refractivity contribution in [1.29, 1.82) is 0 Å². The minimum Gasteiger partial charge on any atom is -0.487 e. The summed E-state index contributed by atoms with van der Waals surface area (Å²) in [5.74, 6) is -0.353. The van der Waals surface area contributed by atoms with Gasteiger partial charge in [-0.3, -0.25) is 9.48 Å². The average molecular weight is 285 g/mol. The first-order valence-electron chi connectivity index (χ1n) is 5.54. The van der Waals surface area contributed by atoms with Gasteiger partial charge in [0.05, 0.1) is 11.8 Å². The van der Waals surface area contributed by atoms with Crippen LogP contribution < -0.4 is 4.74 Å². The first-order valence-corrected chi connectivity index (χ1v) is 5.54. The first-order chi connectivity index (χ1) is 9.40. The van der Waals surface area contributed by atoms with Crippen molar-refractivity contribution >= 4 is 6.29 Å². The molecule has 0 saturated carbocycles. The molecule has 0 bridgehead atoms. The van der Waals surface area contributed by atoms with Gasteiger partial charge in [-0.15, -0.1) is 5.10 Å². The molecule has 8 heteroatoms. The molecule has 2 rings (SSSR count). The highest BCUT2D eigenvalue weighted by atomic mass is 19.4. The molecule has 0 radical (unpaired) electrons. The molecule has 2 aromatic rings. The van der Waals surface area contributed by atoms with E-state index in [1.807, 2.05) is 0 Å². The van der Waals surface area contributed by atoms with Crippen molar-refractivity contribution in [2.45, 2.75) is 12.8 Å². The van der Waals surface area contributed by atoms with Crippen LogP contribution in [0.5, 0.6) is 5.75 Å². The molecule has 0 aliphatic rings. The highest BCUT2D eigenvalue weighted by Crippen LogP contribution is 2.36. The molecule has 0 saturated heterocycles. The van der Waals surface area contributed by atoms with Crippen LogP contribution in [0.25, 0.3) is 0 Å². The second-order valence-electron chi connectivity index (χ2n) is 4.04. The van der Waals surface area contributed by atoms with Gasteiger partial charge in [-0.05, 0) is 18.2 Å². The van der Waals surface area contributed by atoms with Crippen LogP contribution in [0, 0.1) is 0 Å². The zero-order chi connectivity index (χ0) is 14.8. The smallest absolute Gasteiger partial charge is 0.419 e. The lowest BCUT2D eigenvalue weighted by Crippen LogP contribution is -2.09. The Bertz CT molecular complexity index is 623. The van der Waals surface area contributed by atoms with E-state index in [-0.39, 0.29) is 17.9 Å². The van der Waals surface area contributed by atoms with E-state index in [2.05, 4.69) is 10.3 Å². The predicted molar refractivity (Wildman–Crippen MR) is 62.2 cm³/mol. The number of hydrogen-bond acceptors (Lipinski definition) is 4. The Morgan fingerprint density at radius 3 is 2.70 bits per heavy atom. The van der Waals surface area contributed by atoms with E-state index in [4.69, 9.17) is 4.74 Å². The van der Waals surface area contributed by atoms with Gasteiger partial charge in [0.25, 0.3) is 0 Å². The summed E-state index contributed by atoms with van der Waals surface area (Å²) in [5.41, 5.74) is -0.657. The van der Waals surface area contributed by atoms with Crippen LogP contribution in [0.4, 0.5) is 13.2 Å². The number of carbonyl (C=O) groups is 1. The molecule has 1 aromatic heterocycles. The maximum absolute atomic E-state index is 12.9. The van der Waals surface area contributed by atoms with E-state index in [1.165, 1.54) is 16.9 Å². The van der Waals surface area contributed by atoms with Crippen LogP contribution in [0.2, 0.25) is 0 Å². The SMILES string of the molecule is Cn1cc(COc2ccc(C=O)cc2C(F)(F)F)nn1. The molecule has 0 aliphatic heterocycles. The largest absolute Gasteiger partial charge is 0.487 e. The van der Waals surface area contributed by atoms with Gasteiger partial charge in [0.2, 0.25) is 0 Å². The van der Waals surface area contributed by atoms with E-state index in [0.29, 0.717) is 12.0 Å². The summed E-state index contributed by atoms with van der Waals surface area (Å²) >= 11 is 0. The zero-order valence-corrected chi connectivity index (χ0v) is 10.4. The molecular formula is C12H10F3N3O2. The topological polar surface area (TPSA) is 57.0 Å². The van der Waals surface area contributed by atoms with Crippen molar-refractivity contribution in [3.63, 3.8) is 0 Å². The predicted octanol–water partition coefficient (Wildman–Crippen LogP) is 2.23. The summed E-state index contributed by atoms with van der Waals surface area (Å²) in [6.45, 7) is -0.142. The highest BCUT2D eigenvalue weighted by Gasteiger charge is 2.34. The summed E-state index contributed by atoms with van der Waals surface area (Å²) in [4.78, 5) is 10.5. The summed E-state index contributed by atoms with van der Waals surface area (Å²) in [5, 5.41) is 7.35. The van der Waals surface area contributed by atoms with Crippen molar-refractivity contribution in [3.05, 3.63) is 41.2 Å². The quantitative estimate of drug-likeness (QED) is 0.808. The molecule has 0 N–H and O–H groups in total. The Hall–Kier alpha value is -2.38. The van der Waals surface area contributed by atoms with E-state index >= 15 is 0 Å². The Kier molecular flexibility index (Phi) is 3.73. The third kappa shape index (κ3) is 3.14. The van der Waals surface area contributed by atoms with Gasteiger partial charge in [0, 0.05) is 12.6 Å². The normalized spacial score (nSPS) is 11.4. The number of ether oxygens (including phenoxy) is 1. The standard InChI is InChI=1S/C12H10F3N3O2/c1-18-5-9(16-17-18)7-20-11-3-2-8(6-19)4-10(11)12(13,14)15/h2-6H,7H2,1H3. The van der Waals surface area contributed by atoms with Crippen molar-refractivity contribution in [3.8, 4) is 5.75 Å². The van der Waals surface area contributed by atoms with Crippen LogP contribution in [0.15, 0.2) is 24.4 Å². The van der Waals surface area contributed by atoms with Crippen molar-refractivity contribution in [1.82, 2.24) is 15.0 Å². The summed E-state index contributed by atoms with van der Waals surface area (Å²) < 4.78 is 45.1. The molecule has 0 spiro atoms. The molecule has 0 amide bonds. The fraction of sp³-hybridized carbons (Fsp3) is 0.250. The number of aldehydes is 1. The molecule has 0 unspecified atom stereocenters. The van der Waals surface area contributed by atoms with Gasteiger partial charge < -0.3 is 4.74 Å². The minimum absolute atomic E-state index is 0.0656. The van der Waals surface area contributed by atoms with Crippen LogP contribution >= 0.6 is 0 Å². The Balaban J connectivity index is 2.24. The van der Waals surface area contributed by atoms with Crippen LogP contribution in [0.3, 0.4) is 0 Å². The van der Waals surface area contributed by atoms with E-state index in [1.54, 1.807) is 7.05 Å². The molecule has 5 nitrogen and oxygen atoms in total. The summed E-state index contributed by atoms with van der Waals surface area (Å²) in [7, 11) is 1.64. The molecule has 0 aliphatic carbocycles. The lowest BCUT2D eigenvalue weighted by atomic mass is 10.1. The second-order valence-corrected chi connectivity index (χ2v) is 4.04. The third-order valence-corrected chi connectivity index (χ3v) is 2.47. The van der Waals surface area contributed by atoms with Crippen LogP contribution in [0.1, 0.15) is 21.6 Å². The fourth-order valence-corrected chi connectivity index (χ4v) is 1.58. The number of nitrogens with zero attached hydrogens (tertiary/aromatic N) is 3. The average Bonchev–Trinajstić information content (AvgIpc) is 2.81. The maximum Gasteiger partial charge on any atom is 0.419 e. The van der Waals surface area contributed by atoms with E-state index in [9.17, 15) is 18.0 Å². The molecule has 1 heterocycles. The second kappa shape index (κ2) is 5.32. The number of carbonyl (C=O) groups excluding carboxylic acids is 1. The maximum atomic E-state index is 12.9. The first kappa shape index (κ1) is 14.0. The highest BCUT2D eigenvalue weighted by molar-refractivity contribution is 5.75. The number of rotatable bonds is 4. The molecule has 20 heavy (non-hydrogen) atoms. The van der Waals surface area contributed by atoms with Crippen molar-refractivity contribution in [2.24, 2.45) is 7.05 Å². The van der Waals surface area contributed by atoms with Gasteiger partial charge >= 0.3 is 6.18 Å². The molecular weight excluding hydrogens is 275 g/mol. The number of benzene rings is 1. The molecule has 106 valence electrons. The van der Waals surface area contributed by atoms with Crippen LogP contribution in [-0.4, -0.2) is 21.3 Å². The zero-order valence-electron chi connectivity index (χ0n) is 10.4. The van der Waals surface area contributed by atoms with Crippen LogP contribution in [-0.2, 0) is 19.8 Å².